The number of nitrogens with one attached hydrogen (secondary N) is 1. The van der Waals surface area contributed by atoms with E-state index in [0.717, 1.165) is 31.4 Å². The van der Waals surface area contributed by atoms with Crippen LogP contribution in [0.15, 0.2) is 24.3 Å². The number of rotatable bonds is 3. The number of nitrogen functional groups attached to an aromatic ring is 1. The van der Waals surface area contributed by atoms with Gasteiger partial charge in [-0.1, -0.05) is 18.6 Å². The number of carboxylic acid groups (broad SMARTS) is 1. The van der Waals surface area contributed by atoms with Crippen molar-refractivity contribution in [2.45, 2.75) is 31.2 Å². The summed E-state index contributed by atoms with van der Waals surface area (Å²) < 4.78 is 0. The van der Waals surface area contributed by atoms with Crippen molar-refractivity contribution >= 4 is 11.7 Å². The Labute approximate surface area is 101 Å². The first-order valence-electron chi connectivity index (χ1n) is 6.00. The third kappa shape index (κ3) is 2.77. The molecule has 4 N–H and O–H groups in total. The Balaban J connectivity index is 2.25. The first-order chi connectivity index (χ1) is 8.18. The molecule has 1 aromatic carbocycles. The number of anilines is 1. The molecule has 1 aliphatic heterocycles. The number of piperidine rings is 1. The van der Waals surface area contributed by atoms with Crippen molar-refractivity contribution < 1.29 is 9.90 Å². The Morgan fingerprint density at radius 1 is 1.47 bits per heavy atom. The fraction of sp³-hybridized carbons (Fsp3) is 0.462. The van der Waals surface area contributed by atoms with E-state index in [0.29, 0.717) is 5.69 Å². The van der Waals surface area contributed by atoms with E-state index in [1.54, 1.807) is 12.1 Å². The highest BCUT2D eigenvalue weighted by Gasteiger charge is 2.30. The van der Waals surface area contributed by atoms with Gasteiger partial charge in [-0.3, -0.25) is 4.79 Å². The molecular weight excluding hydrogens is 216 g/mol. The Hall–Kier alpha value is -1.55. The minimum absolute atomic E-state index is 0.0167. The average molecular weight is 234 g/mol. The molecule has 0 bridgehead atoms. The number of carboxylic acids is 1. The van der Waals surface area contributed by atoms with E-state index in [1.165, 1.54) is 0 Å². The summed E-state index contributed by atoms with van der Waals surface area (Å²) in [5, 5.41) is 12.7. The number of hydrogen-bond acceptors (Lipinski definition) is 3. The predicted molar refractivity (Wildman–Crippen MR) is 66.9 cm³/mol. The Morgan fingerprint density at radius 2 is 2.29 bits per heavy atom. The monoisotopic (exact) mass is 234 g/mol. The van der Waals surface area contributed by atoms with Gasteiger partial charge in [0.2, 0.25) is 0 Å². The number of benzene rings is 1. The molecule has 1 aliphatic rings. The lowest BCUT2D eigenvalue weighted by atomic mass is 9.86. The molecule has 2 rings (SSSR count). The molecule has 0 radical (unpaired) electrons. The fourth-order valence-corrected chi connectivity index (χ4v) is 2.46. The highest BCUT2D eigenvalue weighted by Crippen LogP contribution is 2.26. The second-order valence-electron chi connectivity index (χ2n) is 4.54. The van der Waals surface area contributed by atoms with E-state index >= 15 is 0 Å². The third-order valence-electron chi connectivity index (χ3n) is 3.29. The lowest BCUT2D eigenvalue weighted by molar-refractivity contribution is -0.139. The minimum Gasteiger partial charge on any atom is -0.481 e. The standard InChI is InChI=1S/C13H18N2O2/c14-10-5-3-4-9(8-10)12(13(16)17)11-6-1-2-7-15-11/h3-5,8,11-12,15H,1-2,6-7,14H2,(H,16,17). The highest BCUT2D eigenvalue weighted by molar-refractivity contribution is 5.77. The van der Waals surface area contributed by atoms with Crippen LogP contribution in [-0.4, -0.2) is 23.7 Å². The molecular formula is C13H18N2O2. The average Bonchev–Trinajstić information content (AvgIpc) is 2.30. The van der Waals surface area contributed by atoms with Crippen LogP contribution in [0, 0.1) is 0 Å². The van der Waals surface area contributed by atoms with Crippen LogP contribution in [0.4, 0.5) is 5.69 Å². The number of carbonyl (C=O) groups is 1. The first-order valence-corrected chi connectivity index (χ1v) is 6.00. The molecule has 0 aromatic heterocycles. The maximum atomic E-state index is 11.4. The molecule has 1 heterocycles. The summed E-state index contributed by atoms with van der Waals surface area (Å²) in [5.41, 5.74) is 7.12. The van der Waals surface area contributed by atoms with Gasteiger partial charge in [0.15, 0.2) is 0 Å². The summed E-state index contributed by atoms with van der Waals surface area (Å²) in [6.45, 7) is 0.900. The van der Waals surface area contributed by atoms with Gasteiger partial charge in [-0.05, 0) is 37.1 Å². The predicted octanol–water partition coefficient (Wildman–Crippen LogP) is 1.58. The largest absolute Gasteiger partial charge is 0.481 e. The summed E-state index contributed by atoms with van der Waals surface area (Å²) in [6, 6.07) is 7.20. The van der Waals surface area contributed by atoms with Crippen molar-refractivity contribution in [1.82, 2.24) is 5.32 Å². The van der Waals surface area contributed by atoms with Gasteiger partial charge in [-0.25, -0.2) is 0 Å². The molecule has 17 heavy (non-hydrogen) atoms. The van der Waals surface area contributed by atoms with Crippen LogP contribution < -0.4 is 11.1 Å². The topological polar surface area (TPSA) is 75.4 Å². The van der Waals surface area contributed by atoms with Gasteiger partial charge in [0.25, 0.3) is 0 Å². The normalized spacial score (nSPS) is 22.0. The van der Waals surface area contributed by atoms with E-state index < -0.39 is 11.9 Å². The van der Waals surface area contributed by atoms with Gasteiger partial charge in [0.1, 0.15) is 0 Å². The summed E-state index contributed by atoms with van der Waals surface area (Å²) in [6.07, 6.45) is 3.12. The zero-order chi connectivity index (χ0) is 12.3. The number of aliphatic carboxylic acids is 1. The summed E-state index contributed by atoms with van der Waals surface area (Å²) in [5.74, 6) is -1.28. The molecule has 4 nitrogen and oxygen atoms in total. The molecule has 92 valence electrons. The highest BCUT2D eigenvalue weighted by atomic mass is 16.4. The molecule has 1 saturated heterocycles. The van der Waals surface area contributed by atoms with E-state index in [4.69, 9.17) is 5.73 Å². The lowest BCUT2D eigenvalue weighted by Gasteiger charge is -2.29. The molecule has 1 aromatic rings. The molecule has 2 unspecified atom stereocenters. The summed E-state index contributed by atoms with van der Waals surface area (Å²) in [4.78, 5) is 11.4. The number of nitrogens with two attached hydrogens (primary N) is 1. The van der Waals surface area contributed by atoms with Crippen LogP contribution in [0.1, 0.15) is 30.7 Å². The van der Waals surface area contributed by atoms with Crippen molar-refractivity contribution in [2.24, 2.45) is 0 Å². The van der Waals surface area contributed by atoms with E-state index in [1.807, 2.05) is 12.1 Å². The first kappa shape index (κ1) is 11.9. The van der Waals surface area contributed by atoms with Gasteiger partial charge in [-0.15, -0.1) is 0 Å². The minimum atomic E-state index is -0.782. The van der Waals surface area contributed by atoms with Crippen LogP contribution >= 0.6 is 0 Å². The maximum absolute atomic E-state index is 11.4. The van der Waals surface area contributed by atoms with Crippen molar-refractivity contribution in [1.29, 1.82) is 0 Å². The molecule has 0 aliphatic carbocycles. The van der Waals surface area contributed by atoms with E-state index in [2.05, 4.69) is 5.32 Å². The van der Waals surface area contributed by atoms with Crippen molar-refractivity contribution in [3.63, 3.8) is 0 Å². The Bertz CT molecular complexity index is 400. The second-order valence-corrected chi connectivity index (χ2v) is 4.54. The van der Waals surface area contributed by atoms with E-state index in [9.17, 15) is 9.90 Å². The van der Waals surface area contributed by atoms with Crippen LogP contribution in [0.2, 0.25) is 0 Å². The van der Waals surface area contributed by atoms with Crippen molar-refractivity contribution in [2.75, 3.05) is 12.3 Å². The molecule has 1 fully saturated rings. The Kier molecular flexibility index (Phi) is 3.64. The summed E-state index contributed by atoms with van der Waals surface area (Å²) in [7, 11) is 0. The van der Waals surface area contributed by atoms with Gasteiger partial charge in [0, 0.05) is 11.7 Å². The third-order valence-corrected chi connectivity index (χ3v) is 3.29. The van der Waals surface area contributed by atoms with Crippen molar-refractivity contribution in [3.8, 4) is 0 Å². The molecule has 0 amide bonds. The smallest absolute Gasteiger partial charge is 0.312 e. The van der Waals surface area contributed by atoms with Gasteiger partial charge in [-0.2, -0.15) is 0 Å². The summed E-state index contributed by atoms with van der Waals surface area (Å²) >= 11 is 0. The number of hydrogen-bond donors (Lipinski definition) is 3. The van der Waals surface area contributed by atoms with Crippen LogP contribution in [0.25, 0.3) is 0 Å². The molecule has 0 saturated carbocycles. The lowest BCUT2D eigenvalue weighted by Crippen LogP contribution is -2.41. The maximum Gasteiger partial charge on any atom is 0.312 e. The zero-order valence-corrected chi connectivity index (χ0v) is 9.73. The fourth-order valence-electron chi connectivity index (χ4n) is 2.46. The Morgan fingerprint density at radius 3 is 2.88 bits per heavy atom. The van der Waals surface area contributed by atoms with Crippen LogP contribution in [0.5, 0.6) is 0 Å². The van der Waals surface area contributed by atoms with Gasteiger partial charge < -0.3 is 16.2 Å². The van der Waals surface area contributed by atoms with Crippen LogP contribution in [0.3, 0.4) is 0 Å². The quantitative estimate of drug-likeness (QED) is 0.694. The SMILES string of the molecule is Nc1cccc(C(C(=O)O)C2CCCCN2)c1. The van der Waals surface area contributed by atoms with Gasteiger partial charge in [0.05, 0.1) is 5.92 Å². The molecule has 4 heteroatoms. The van der Waals surface area contributed by atoms with Gasteiger partial charge >= 0.3 is 5.97 Å². The molecule has 2 atom stereocenters. The zero-order valence-electron chi connectivity index (χ0n) is 9.73. The molecule has 0 spiro atoms. The van der Waals surface area contributed by atoms with Crippen LogP contribution in [-0.2, 0) is 4.79 Å². The second kappa shape index (κ2) is 5.19. The van der Waals surface area contributed by atoms with E-state index in [-0.39, 0.29) is 6.04 Å². The van der Waals surface area contributed by atoms with Crippen molar-refractivity contribution in [3.05, 3.63) is 29.8 Å².